The molecule has 126 valence electrons. The first-order chi connectivity index (χ1) is 11.1. The van der Waals surface area contributed by atoms with Gasteiger partial charge in [-0.05, 0) is 25.0 Å². The molecule has 2 rings (SSSR count). The third-order valence-corrected chi connectivity index (χ3v) is 3.78. The maximum Gasteiger partial charge on any atom is 0.329 e. The van der Waals surface area contributed by atoms with Gasteiger partial charge in [-0.3, -0.25) is 13.9 Å². The molecule has 0 aliphatic rings. The van der Waals surface area contributed by atoms with Gasteiger partial charge in [-0.1, -0.05) is 25.5 Å². The summed E-state index contributed by atoms with van der Waals surface area (Å²) in [6, 6.07) is 7.47. The van der Waals surface area contributed by atoms with Crippen molar-refractivity contribution in [3.8, 4) is 0 Å². The van der Waals surface area contributed by atoms with Crippen LogP contribution in [0.2, 0.25) is 0 Å². The Labute approximate surface area is 136 Å². The molecule has 6 heteroatoms. The number of benzene rings is 1. The number of hydrogen-bond acceptors (Lipinski definition) is 3. The molecule has 0 aliphatic carbocycles. The Hall–Kier alpha value is -2.08. The number of rotatable bonds is 9. The van der Waals surface area contributed by atoms with E-state index in [0.717, 1.165) is 36.9 Å². The predicted octanol–water partition coefficient (Wildman–Crippen LogP) is 1.66. The number of carbonyl (C=O) groups is 1. The first kappa shape index (κ1) is 17.3. The summed E-state index contributed by atoms with van der Waals surface area (Å²) in [6.07, 6.45) is 2.97. The van der Waals surface area contributed by atoms with Crippen LogP contribution in [0.4, 0.5) is 0 Å². The fourth-order valence-corrected chi connectivity index (χ4v) is 2.47. The van der Waals surface area contributed by atoms with Crippen molar-refractivity contribution in [3.63, 3.8) is 0 Å². The number of nitrogens with zero attached hydrogens (tertiary/aromatic N) is 2. The van der Waals surface area contributed by atoms with Crippen molar-refractivity contribution in [2.45, 2.75) is 32.7 Å². The zero-order valence-electron chi connectivity index (χ0n) is 13.9. The van der Waals surface area contributed by atoms with Crippen LogP contribution in [0.15, 0.2) is 29.1 Å². The fourth-order valence-electron chi connectivity index (χ4n) is 2.47. The summed E-state index contributed by atoms with van der Waals surface area (Å²) < 4.78 is 8.51. The molecule has 0 bridgehead atoms. The second-order valence-corrected chi connectivity index (χ2v) is 5.59. The van der Waals surface area contributed by atoms with E-state index in [1.165, 1.54) is 4.57 Å². The van der Waals surface area contributed by atoms with Crippen molar-refractivity contribution < 1.29 is 9.53 Å². The monoisotopic (exact) mass is 319 g/mol. The lowest BCUT2D eigenvalue weighted by Gasteiger charge is -2.07. The number of nitrogens with one attached hydrogen (secondary N) is 1. The highest BCUT2D eigenvalue weighted by Crippen LogP contribution is 2.10. The second-order valence-electron chi connectivity index (χ2n) is 5.59. The molecule has 0 saturated heterocycles. The minimum Gasteiger partial charge on any atom is -0.381 e. The van der Waals surface area contributed by atoms with E-state index in [4.69, 9.17) is 4.74 Å². The van der Waals surface area contributed by atoms with Crippen LogP contribution in [0.25, 0.3) is 11.0 Å². The van der Waals surface area contributed by atoms with Crippen LogP contribution in [-0.2, 0) is 23.1 Å². The highest BCUT2D eigenvalue weighted by Gasteiger charge is 2.12. The minimum atomic E-state index is -0.177. The predicted molar refractivity (Wildman–Crippen MR) is 90.5 cm³/mol. The van der Waals surface area contributed by atoms with Crippen molar-refractivity contribution in [3.05, 3.63) is 34.7 Å². The summed E-state index contributed by atoms with van der Waals surface area (Å²) in [5.74, 6) is -0.156. The van der Waals surface area contributed by atoms with Gasteiger partial charge in [0.15, 0.2) is 0 Å². The number of unbranched alkanes of at least 4 members (excludes halogenated alkanes) is 1. The molecule has 0 spiro atoms. The van der Waals surface area contributed by atoms with Gasteiger partial charge < -0.3 is 10.1 Å². The van der Waals surface area contributed by atoms with Crippen LogP contribution in [0.1, 0.15) is 26.2 Å². The largest absolute Gasteiger partial charge is 0.381 e. The van der Waals surface area contributed by atoms with Crippen molar-refractivity contribution in [1.82, 2.24) is 14.5 Å². The van der Waals surface area contributed by atoms with E-state index in [1.807, 2.05) is 24.3 Å². The van der Waals surface area contributed by atoms with Gasteiger partial charge in [-0.2, -0.15) is 0 Å². The molecule has 1 heterocycles. The van der Waals surface area contributed by atoms with Gasteiger partial charge in [0.2, 0.25) is 5.91 Å². The molecule has 0 unspecified atom stereocenters. The quantitative estimate of drug-likeness (QED) is 0.715. The van der Waals surface area contributed by atoms with Crippen molar-refractivity contribution >= 4 is 16.9 Å². The first-order valence-electron chi connectivity index (χ1n) is 8.14. The normalized spacial score (nSPS) is 11.0. The zero-order valence-corrected chi connectivity index (χ0v) is 13.9. The van der Waals surface area contributed by atoms with E-state index >= 15 is 0 Å². The van der Waals surface area contributed by atoms with Crippen LogP contribution >= 0.6 is 0 Å². The number of ether oxygens (including phenoxy) is 1. The topological polar surface area (TPSA) is 65.3 Å². The van der Waals surface area contributed by atoms with Gasteiger partial charge in [0, 0.05) is 26.8 Å². The molecule has 1 amide bonds. The van der Waals surface area contributed by atoms with E-state index in [-0.39, 0.29) is 18.1 Å². The maximum absolute atomic E-state index is 12.2. The molecule has 1 aromatic carbocycles. The van der Waals surface area contributed by atoms with Gasteiger partial charge in [-0.25, -0.2) is 4.79 Å². The molecule has 0 saturated carbocycles. The van der Waals surface area contributed by atoms with E-state index in [0.29, 0.717) is 13.2 Å². The molecule has 0 fully saturated rings. The Balaban J connectivity index is 1.84. The molecule has 0 aliphatic heterocycles. The lowest BCUT2D eigenvalue weighted by molar-refractivity contribution is -0.121. The third kappa shape index (κ3) is 4.45. The number of imidazole rings is 1. The summed E-state index contributed by atoms with van der Waals surface area (Å²) in [5, 5.41) is 2.84. The van der Waals surface area contributed by atoms with Crippen molar-refractivity contribution in [1.29, 1.82) is 0 Å². The van der Waals surface area contributed by atoms with Gasteiger partial charge >= 0.3 is 5.69 Å². The number of fused-ring (bicyclic) bond motifs is 1. The van der Waals surface area contributed by atoms with Gasteiger partial charge in [-0.15, -0.1) is 0 Å². The Morgan fingerprint density at radius 1 is 1.17 bits per heavy atom. The van der Waals surface area contributed by atoms with Gasteiger partial charge in [0.05, 0.1) is 11.0 Å². The standard InChI is InChI=1S/C17H25N3O3/c1-3-4-11-23-12-7-10-18-16(21)13-20-15-9-6-5-8-14(15)19(2)17(20)22/h5-6,8-9H,3-4,7,10-13H2,1-2H3,(H,18,21). The SMILES string of the molecule is CCCCOCCCNC(=O)Cn1c(=O)n(C)c2ccccc21. The summed E-state index contributed by atoms with van der Waals surface area (Å²) >= 11 is 0. The molecular formula is C17H25N3O3. The summed E-state index contributed by atoms with van der Waals surface area (Å²) in [5.41, 5.74) is 1.43. The average molecular weight is 319 g/mol. The highest BCUT2D eigenvalue weighted by atomic mass is 16.5. The van der Waals surface area contributed by atoms with Gasteiger partial charge in [0.25, 0.3) is 0 Å². The summed E-state index contributed by atoms with van der Waals surface area (Å²) in [4.78, 5) is 24.3. The Morgan fingerprint density at radius 3 is 2.61 bits per heavy atom. The van der Waals surface area contributed by atoms with Crippen LogP contribution in [0.3, 0.4) is 0 Å². The van der Waals surface area contributed by atoms with Crippen LogP contribution in [-0.4, -0.2) is 34.8 Å². The second kappa shape index (κ2) is 8.53. The number of amides is 1. The van der Waals surface area contributed by atoms with E-state index in [1.54, 1.807) is 11.6 Å². The number of hydrogen-bond donors (Lipinski definition) is 1. The number of aryl methyl sites for hydroxylation is 1. The number of aromatic nitrogens is 2. The smallest absolute Gasteiger partial charge is 0.329 e. The van der Waals surface area contributed by atoms with Crippen molar-refractivity contribution in [2.75, 3.05) is 19.8 Å². The Morgan fingerprint density at radius 2 is 1.87 bits per heavy atom. The number of carbonyl (C=O) groups excluding carboxylic acids is 1. The lowest BCUT2D eigenvalue weighted by atomic mass is 10.3. The zero-order chi connectivity index (χ0) is 16.7. The van der Waals surface area contributed by atoms with E-state index in [2.05, 4.69) is 12.2 Å². The average Bonchev–Trinajstić information content (AvgIpc) is 2.79. The van der Waals surface area contributed by atoms with Crippen molar-refractivity contribution in [2.24, 2.45) is 7.05 Å². The molecule has 1 N–H and O–H groups in total. The molecule has 1 aromatic heterocycles. The number of para-hydroxylation sites is 2. The van der Waals surface area contributed by atoms with Crippen LogP contribution in [0, 0.1) is 0 Å². The fraction of sp³-hybridized carbons (Fsp3) is 0.529. The minimum absolute atomic E-state index is 0.0386. The molecule has 0 atom stereocenters. The molecule has 2 aromatic rings. The molecule has 23 heavy (non-hydrogen) atoms. The molecule has 0 radical (unpaired) electrons. The Bertz CT molecular complexity index is 703. The summed E-state index contributed by atoms with van der Waals surface area (Å²) in [7, 11) is 1.71. The van der Waals surface area contributed by atoms with E-state index < -0.39 is 0 Å². The first-order valence-corrected chi connectivity index (χ1v) is 8.14. The third-order valence-electron chi connectivity index (χ3n) is 3.78. The van der Waals surface area contributed by atoms with Crippen LogP contribution in [0.5, 0.6) is 0 Å². The maximum atomic E-state index is 12.2. The summed E-state index contributed by atoms with van der Waals surface area (Å²) in [6.45, 7) is 4.14. The molecule has 6 nitrogen and oxygen atoms in total. The highest BCUT2D eigenvalue weighted by molar-refractivity contribution is 5.80. The van der Waals surface area contributed by atoms with Crippen LogP contribution < -0.4 is 11.0 Å². The van der Waals surface area contributed by atoms with E-state index in [9.17, 15) is 9.59 Å². The Kier molecular flexibility index (Phi) is 6.40. The molecular weight excluding hydrogens is 294 g/mol. The van der Waals surface area contributed by atoms with Gasteiger partial charge in [0.1, 0.15) is 6.54 Å². The lowest BCUT2D eigenvalue weighted by Crippen LogP contribution is -2.33.